The number of thiazole rings is 1. The Morgan fingerprint density at radius 3 is 2.84 bits per heavy atom. The van der Waals surface area contributed by atoms with Crippen LogP contribution in [-0.2, 0) is 6.54 Å². The summed E-state index contributed by atoms with van der Waals surface area (Å²) in [5.41, 5.74) is 0.894. The standard InChI is InChI=1S/C12H11N5OS/c1-18-8-5-14-10(15-6-8)7-16-12-17-9-3-2-4-13-11(9)19-12/h2-6H,7H2,1H3,(H,16,17). The van der Waals surface area contributed by atoms with E-state index in [1.165, 1.54) is 11.3 Å². The predicted octanol–water partition coefficient (Wildman–Crippen LogP) is 2.10. The lowest BCUT2D eigenvalue weighted by Crippen LogP contribution is -2.03. The number of anilines is 1. The van der Waals surface area contributed by atoms with E-state index in [0.29, 0.717) is 18.1 Å². The molecule has 0 aliphatic carbocycles. The lowest BCUT2D eigenvalue weighted by molar-refractivity contribution is 0.410. The molecule has 1 N–H and O–H groups in total. The molecule has 3 aromatic heterocycles. The quantitative estimate of drug-likeness (QED) is 0.784. The lowest BCUT2D eigenvalue weighted by Gasteiger charge is -2.02. The molecule has 0 saturated carbocycles. The lowest BCUT2D eigenvalue weighted by atomic mass is 10.5. The number of ether oxygens (including phenoxy) is 1. The first kappa shape index (κ1) is 11.8. The highest BCUT2D eigenvalue weighted by atomic mass is 32.1. The van der Waals surface area contributed by atoms with E-state index in [-0.39, 0.29) is 0 Å². The molecule has 0 spiro atoms. The minimum atomic E-state index is 0.518. The molecular formula is C12H11N5OS. The number of methoxy groups -OCH3 is 1. The van der Waals surface area contributed by atoms with Gasteiger partial charge < -0.3 is 10.1 Å². The Labute approximate surface area is 113 Å². The maximum Gasteiger partial charge on any atom is 0.185 e. The van der Waals surface area contributed by atoms with E-state index in [1.54, 1.807) is 25.7 Å². The third kappa shape index (κ3) is 2.60. The topological polar surface area (TPSA) is 72.8 Å². The third-order valence-electron chi connectivity index (χ3n) is 2.48. The molecule has 3 aromatic rings. The average Bonchev–Trinajstić information content (AvgIpc) is 2.88. The molecule has 0 saturated heterocycles. The number of fused-ring (bicyclic) bond motifs is 1. The van der Waals surface area contributed by atoms with Gasteiger partial charge in [-0.15, -0.1) is 0 Å². The summed E-state index contributed by atoms with van der Waals surface area (Å²) in [4.78, 5) is 18.0. The van der Waals surface area contributed by atoms with Crippen molar-refractivity contribution in [2.24, 2.45) is 0 Å². The summed E-state index contributed by atoms with van der Waals surface area (Å²) in [7, 11) is 1.59. The second-order valence-corrected chi connectivity index (χ2v) is 4.72. The molecule has 3 rings (SSSR count). The first-order valence-electron chi connectivity index (χ1n) is 5.65. The molecule has 0 amide bonds. The van der Waals surface area contributed by atoms with Gasteiger partial charge in [-0.1, -0.05) is 11.3 Å². The van der Waals surface area contributed by atoms with Crippen molar-refractivity contribution in [1.82, 2.24) is 19.9 Å². The number of hydrogen-bond acceptors (Lipinski definition) is 7. The second kappa shape index (κ2) is 5.15. The molecule has 0 bridgehead atoms. The second-order valence-electron chi connectivity index (χ2n) is 3.74. The highest BCUT2D eigenvalue weighted by Crippen LogP contribution is 2.23. The summed E-state index contributed by atoms with van der Waals surface area (Å²) < 4.78 is 5.01. The highest BCUT2D eigenvalue weighted by molar-refractivity contribution is 7.21. The molecule has 0 radical (unpaired) electrons. The van der Waals surface area contributed by atoms with Crippen molar-refractivity contribution in [3.63, 3.8) is 0 Å². The van der Waals surface area contributed by atoms with Gasteiger partial charge in [0.25, 0.3) is 0 Å². The predicted molar refractivity (Wildman–Crippen MR) is 73.3 cm³/mol. The average molecular weight is 273 g/mol. The van der Waals surface area contributed by atoms with Crippen LogP contribution in [-0.4, -0.2) is 27.0 Å². The first-order valence-corrected chi connectivity index (χ1v) is 6.47. The Bertz CT molecular complexity index is 649. The molecule has 0 aliphatic heterocycles. The molecular weight excluding hydrogens is 262 g/mol. The van der Waals surface area contributed by atoms with E-state index >= 15 is 0 Å². The normalized spacial score (nSPS) is 10.6. The molecule has 7 heteroatoms. The summed E-state index contributed by atoms with van der Waals surface area (Å²) in [6.45, 7) is 0.518. The van der Waals surface area contributed by atoms with Crippen LogP contribution < -0.4 is 10.1 Å². The first-order chi connectivity index (χ1) is 9.35. The number of nitrogens with one attached hydrogen (secondary N) is 1. The maximum absolute atomic E-state index is 5.01. The van der Waals surface area contributed by atoms with Crippen LogP contribution in [0.25, 0.3) is 10.3 Å². The van der Waals surface area contributed by atoms with Gasteiger partial charge in [0, 0.05) is 6.20 Å². The number of aromatic nitrogens is 4. The van der Waals surface area contributed by atoms with Crippen LogP contribution in [0.4, 0.5) is 5.13 Å². The molecule has 96 valence electrons. The van der Waals surface area contributed by atoms with Crippen molar-refractivity contribution in [3.8, 4) is 5.75 Å². The minimum absolute atomic E-state index is 0.518. The molecule has 0 aromatic carbocycles. The van der Waals surface area contributed by atoms with E-state index in [4.69, 9.17) is 4.74 Å². The Balaban J connectivity index is 1.70. The van der Waals surface area contributed by atoms with Crippen LogP contribution >= 0.6 is 11.3 Å². The molecule has 3 heterocycles. The Hall–Kier alpha value is -2.28. The summed E-state index contributed by atoms with van der Waals surface area (Å²) in [6.07, 6.45) is 5.05. The van der Waals surface area contributed by atoms with E-state index < -0.39 is 0 Å². The van der Waals surface area contributed by atoms with Gasteiger partial charge >= 0.3 is 0 Å². The third-order valence-corrected chi connectivity index (χ3v) is 3.42. The fraction of sp³-hybridized carbons (Fsp3) is 0.167. The molecule has 19 heavy (non-hydrogen) atoms. The fourth-order valence-electron chi connectivity index (χ4n) is 1.54. The molecule has 0 unspecified atom stereocenters. The van der Waals surface area contributed by atoms with Gasteiger partial charge in [-0.3, -0.25) is 0 Å². The van der Waals surface area contributed by atoms with Crippen molar-refractivity contribution in [2.45, 2.75) is 6.54 Å². The molecule has 0 aliphatic rings. The minimum Gasteiger partial charge on any atom is -0.494 e. The van der Waals surface area contributed by atoms with Crippen LogP contribution in [0.3, 0.4) is 0 Å². The van der Waals surface area contributed by atoms with Crippen molar-refractivity contribution in [3.05, 3.63) is 36.5 Å². The Morgan fingerprint density at radius 2 is 2.11 bits per heavy atom. The number of rotatable bonds is 4. The summed E-state index contributed by atoms with van der Waals surface area (Å²) in [5, 5.41) is 4.00. The molecule has 0 atom stereocenters. The zero-order valence-corrected chi connectivity index (χ0v) is 11.0. The van der Waals surface area contributed by atoms with Crippen LogP contribution in [0.5, 0.6) is 5.75 Å². The van der Waals surface area contributed by atoms with Gasteiger partial charge in [0.05, 0.1) is 26.0 Å². The van der Waals surface area contributed by atoms with Crippen LogP contribution in [0.2, 0.25) is 0 Å². The Morgan fingerprint density at radius 1 is 1.26 bits per heavy atom. The SMILES string of the molecule is COc1cnc(CNc2nc3cccnc3s2)nc1. The Kier molecular flexibility index (Phi) is 3.20. The number of pyridine rings is 1. The van der Waals surface area contributed by atoms with Crippen molar-refractivity contribution < 1.29 is 4.74 Å². The number of nitrogens with zero attached hydrogens (tertiary/aromatic N) is 4. The van der Waals surface area contributed by atoms with Gasteiger partial charge in [-0.2, -0.15) is 0 Å². The van der Waals surface area contributed by atoms with Gasteiger partial charge in [0.2, 0.25) is 0 Å². The van der Waals surface area contributed by atoms with Gasteiger partial charge in [0.1, 0.15) is 16.2 Å². The number of hydrogen-bond donors (Lipinski definition) is 1. The van der Waals surface area contributed by atoms with Gasteiger partial charge in [0.15, 0.2) is 10.9 Å². The van der Waals surface area contributed by atoms with Crippen molar-refractivity contribution in [1.29, 1.82) is 0 Å². The van der Waals surface area contributed by atoms with Gasteiger partial charge in [-0.05, 0) is 12.1 Å². The van der Waals surface area contributed by atoms with Gasteiger partial charge in [-0.25, -0.2) is 19.9 Å². The zero-order valence-electron chi connectivity index (χ0n) is 10.2. The van der Waals surface area contributed by atoms with Crippen LogP contribution in [0, 0.1) is 0 Å². The summed E-state index contributed by atoms with van der Waals surface area (Å²) in [6, 6.07) is 3.81. The smallest absolute Gasteiger partial charge is 0.185 e. The van der Waals surface area contributed by atoms with E-state index in [2.05, 4.69) is 25.3 Å². The summed E-state index contributed by atoms with van der Waals surface area (Å²) >= 11 is 1.51. The van der Waals surface area contributed by atoms with Crippen molar-refractivity contribution in [2.75, 3.05) is 12.4 Å². The maximum atomic E-state index is 5.01. The zero-order chi connectivity index (χ0) is 13.1. The fourth-order valence-corrected chi connectivity index (χ4v) is 2.34. The van der Waals surface area contributed by atoms with E-state index in [9.17, 15) is 0 Å². The molecule has 0 fully saturated rings. The van der Waals surface area contributed by atoms with E-state index in [1.807, 2.05) is 12.1 Å². The molecule has 6 nitrogen and oxygen atoms in total. The van der Waals surface area contributed by atoms with Crippen LogP contribution in [0.15, 0.2) is 30.7 Å². The van der Waals surface area contributed by atoms with E-state index in [0.717, 1.165) is 15.5 Å². The van der Waals surface area contributed by atoms with Crippen molar-refractivity contribution >= 4 is 26.8 Å². The monoisotopic (exact) mass is 273 g/mol. The summed E-state index contributed by atoms with van der Waals surface area (Å²) in [5.74, 6) is 1.33. The largest absolute Gasteiger partial charge is 0.494 e. The highest BCUT2D eigenvalue weighted by Gasteiger charge is 2.04. The van der Waals surface area contributed by atoms with Crippen LogP contribution in [0.1, 0.15) is 5.82 Å².